The third kappa shape index (κ3) is 2.29. The Labute approximate surface area is 88.1 Å². The lowest BCUT2D eigenvalue weighted by Crippen LogP contribution is -2.59. The summed E-state index contributed by atoms with van der Waals surface area (Å²) in [4.78, 5) is 2.74. The van der Waals surface area contributed by atoms with Crippen LogP contribution in [0.2, 0.25) is 0 Å². The molecule has 2 atom stereocenters. The molecule has 1 saturated heterocycles. The monoisotopic (exact) mass is 196 g/mol. The molecular weight excluding hydrogens is 172 g/mol. The van der Waals surface area contributed by atoms with Gasteiger partial charge in [-0.05, 0) is 25.8 Å². The summed E-state index contributed by atoms with van der Waals surface area (Å²) in [6.45, 7) is 6.12. The van der Waals surface area contributed by atoms with Crippen LogP contribution in [0.5, 0.6) is 0 Å². The normalized spacial score (nSPS) is 34.1. The van der Waals surface area contributed by atoms with E-state index in [0.717, 1.165) is 12.1 Å². The Balaban J connectivity index is 1.88. The first kappa shape index (κ1) is 10.4. The van der Waals surface area contributed by atoms with Gasteiger partial charge in [-0.2, -0.15) is 0 Å². The second-order valence-corrected chi connectivity index (χ2v) is 4.80. The molecule has 2 fully saturated rings. The number of hydrogen-bond acceptors (Lipinski definition) is 2. The Morgan fingerprint density at radius 2 is 2.14 bits per heavy atom. The van der Waals surface area contributed by atoms with Crippen LogP contribution in [-0.2, 0) is 0 Å². The summed E-state index contributed by atoms with van der Waals surface area (Å²) >= 11 is 0. The van der Waals surface area contributed by atoms with Gasteiger partial charge in [0, 0.05) is 25.2 Å². The highest BCUT2D eigenvalue weighted by Crippen LogP contribution is 2.25. The number of nitrogens with one attached hydrogen (secondary N) is 1. The van der Waals surface area contributed by atoms with Crippen molar-refractivity contribution in [3.8, 4) is 0 Å². The molecule has 0 amide bonds. The summed E-state index contributed by atoms with van der Waals surface area (Å²) in [5, 5.41) is 3.69. The average Bonchev–Trinajstić information content (AvgIpc) is 2.26. The van der Waals surface area contributed by atoms with E-state index in [1.54, 1.807) is 0 Å². The molecule has 1 aliphatic carbocycles. The van der Waals surface area contributed by atoms with Crippen molar-refractivity contribution in [1.29, 1.82) is 0 Å². The fourth-order valence-electron chi connectivity index (χ4n) is 2.98. The van der Waals surface area contributed by atoms with Gasteiger partial charge in [0.05, 0.1) is 0 Å². The molecule has 1 heterocycles. The smallest absolute Gasteiger partial charge is 0.0249 e. The topological polar surface area (TPSA) is 15.3 Å². The lowest BCUT2D eigenvalue weighted by molar-refractivity contribution is 0.0869. The van der Waals surface area contributed by atoms with Crippen LogP contribution < -0.4 is 5.32 Å². The number of hydrogen-bond donors (Lipinski definition) is 1. The first-order valence-electron chi connectivity index (χ1n) is 6.39. The van der Waals surface area contributed by atoms with Gasteiger partial charge < -0.3 is 5.32 Å². The lowest BCUT2D eigenvalue weighted by Gasteiger charge is -2.44. The maximum Gasteiger partial charge on any atom is 0.0249 e. The minimum atomic E-state index is 0.814. The third-order valence-corrected chi connectivity index (χ3v) is 3.80. The molecule has 0 aromatic carbocycles. The van der Waals surface area contributed by atoms with Crippen LogP contribution >= 0.6 is 0 Å². The first-order valence-corrected chi connectivity index (χ1v) is 6.39. The Bertz CT molecular complexity index is 168. The molecule has 1 N–H and O–H groups in total. The molecule has 0 spiro atoms. The van der Waals surface area contributed by atoms with Crippen molar-refractivity contribution in [2.45, 2.75) is 57.5 Å². The van der Waals surface area contributed by atoms with E-state index >= 15 is 0 Å². The number of rotatable bonds is 3. The van der Waals surface area contributed by atoms with E-state index < -0.39 is 0 Å². The maximum absolute atomic E-state index is 3.69. The fraction of sp³-hybridized carbons (Fsp3) is 1.00. The van der Waals surface area contributed by atoms with E-state index in [0.29, 0.717) is 0 Å². The third-order valence-electron chi connectivity index (χ3n) is 3.80. The molecule has 2 aliphatic rings. The maximum atomic E-state index is 3.69. The summed E-state index contributed by atoms with van der Waals surface area (Å²) in [5.41, 5.74) is 0. The van der Waals surface area contributed by atoms with Crippen LogP contribution in [0.25, 0.3) is 0 Å². The molecular formula is C12H24N2. The van der Waals surface area contributed by atoms with E-state index in [-0.39, 0.29) is 0 Å². The second-order valence-electron chi connectivity index (χ2n) is 4.80. The van der Waals surface area contributed by atoms with E-state index in [9.17, 15) is 0 Å². The predicted molar refractivity (Wildman–Crippen MR) is 60.5 cm³/mol. The molecule has 2 heteroatoms. The van der Waals surface area contributed by atoms with Gasteiger partial charge in [-0.25, -0.2) is 0 Å². The summed E-state index contributed by atoms with van der Waals surface area (Å²) in [7, 11) is 0. The number of unbranched alkanes of at least 4 members (excludes halogenated alkanes) is 1. The summed E-state index contributed by atoms with van der Waals surface area (Å²) in [6.07, 6.45) is 8.44. The predicted octanol–water partition coefficient (Wildman–Crippen LogP) is 2.00. The van der Waals surface area contributed by atoms with Gasteiger partial charge in [-0.1, -0.05) is 26.2 Å². The lowest BCUT2D eigenvalue weighted by atomic mass is 9.87. The highest BCUT2D eigenvalue weighted by Gasteiger charge is 2.32. The van der Waals surface area contributed by atoms with Gasteiger partial charge in [-0.15, -0.1) is 0 Å². The molecule has 0 aromatic rings. The second kappa shape index (κ2) is 5.13. The zero-order valence-electron chi connectivity index (χ0n) is 9.47. The summed E-state index contributed by atoms with van der Waals surface area (Å²) in [5.74, 6) is 0. The summed E-state index contributed by atoms with van der Waals surface area (Å²) < 4.78 is 0. The quantitative estimate of drug-likeness (QED) is 0.743. The van der Waals surface area contributed by atoms with Crippen LogP contribution in [0.1, 0.15) is 45.4 Å². The Hall–Kier alpha value is -0.0800. The van der Waals surface area contributed by atoms with Gasteiger partial charge >= 0.3 is 0 Å². The van der Waals surface area contributed by atoms with E-state index in [2.05, 4.69) is 17.1 Å². The van der Waals surface area contributed by atoms with Crippen molar-refractivity contribution in [2.24, 2.45) is 0 Å². The van der Waals surface area contributed by atoms with Crippen molar-refractivity contribution in [1.82, 2.24) is 10.2 Å². The van der Waals surface area contributed by atoms with Crippen LogP contribution in [0.3, 0.4) is 0 Å². The van der Waals surface area contributed by atoms with Crippen molar-refractivity contribution in [2.75, 3.05) is 19.6 Å². The van der Waals surface area contributed by atoms with Gasteiger partial charge in [0.25, 0.3) is 0 Å². The minimum Gasteiger partial charge on any atom is -0.311 e. The molecule has 2 rings (SSSR count). The molecule has 82 valence electrons. The Morgan fingerprint density at radius 3 is 3.00 bits per heavy atom. The van der Waals surface area contributed by atoms with Crippen LogP contribution in [0.15, 0.2) is 0 Å². The minimum absolute atomic E-state index is 0.814. The van der Waals surface area contributed by atoms with Crippen molar-refractivity contribution in [3.63, 3.8) is 0 Å². The van der Waals surface area contributed by atoms with Crippen LogP contribution in [0.4, 0.5) is 0 Å². The number of fused-ring (bicyclic) bond motifs is 1. The largest absolute Gasteiger partial charge is 0.311 e. The molecule has 1 aliphatic heterocycles. The molecule has 0 radical (unpaired) electrons. The van der Waals surface area contributed by atoms with Gasteiger partial charge in [0.2, 0.25) is 0 Å². The van der Waals surface area contributed by atoms with Crippen molar-refractivity contribution in [3.05, 3.63) is 0 Å². The standard InChI is InChI=1S/C12H24N2/c1-2-3-9-14-10-8-13-11-6-4-5-7-12(11)14/h11-13H,2-10H2,1H3/t11-,12-/m1/s1. The van der Waals surface area contributed by atoms with E-state index in [1.165, 1.54) is 58.2 Å². The SMILES string of the molecule is CCCCN1CCN[C@@H]2CCCC[C@H]21. The van der Waals surface area contributed by atoms with E-state index in [4.69, 9.17) is 0 Å². The Morgan fingerprint density at radius 1 is 1.29 bits per heavy atom. The van der Waals surface area contributed by atoms with Gasteiger partial charge in [0.1, 0.15) is 0 Å². The fourth-order valence-corrected chi connectivity index (χ4v) is 2.98. The van der Waals surface area contributed by atoms with Gasteiger partial charge in [-0.3, -0.25) is 4.90 Å². The Kier molecular flexibility index (Phi) is 3.82. The zero-order chi connectivity index (χ0) is 9.80. The van der Waals surface area contributed by atoms with Crippen LogP contribution in [-0.4, -0.2) is 36.6 Å². The molecule has 0 aromatic heterocycles. The van der Waals surface area contributed by atoms with Crippen molar-refractivity contribution < 1.29 is 0 Å². The highest BCUT2D eigenvalue weighted by atomic mass is 15.2. The summed E-state index contributed by atoms with van der Waals surface area (Å²) in [6, 6.07) is 1.68. The number of nitrogens with zero attached hydrogens (tertiary/aromatic N) is 1. The van der Waals surface area contributed by atoms with Gasteiger partial charge in [0.15, 0.2) is 0 Å². The first-order chi connectivity index (χ1) is 6.92. The molecule has 0 unspecified atom stereocenters. The van der Waals surface area contributed by atoms with Crippen LogP contribution in [0, 0.1) is 0 Å². The molecule has 0 bridgehead atoms. The highest BCUT2D eigenvalue weighted by molar-refractivity contribution is 4.91. The molecule has 2 nitrogen and oxygen atoms in total. The molecule has 14 heavy (non-hydrogen) atoms. The van der Waals surface area contributed by atoms with E-state index in [1.807, 2.05) is 0 Å². The number of piperazine rings is 1. The zero-order valence-corrected chi connectivity index (χ0v) is 9.47. The average molecular weight is 196 g/mol. The van der Waals surface area contributed by atoms with Crippen molar-refractivity contribution >= 4 is 0 Å². The molecule has 1 saturated carbocycles.